The Morgan fingerprint density at radius 3 is 2.62 bits per heavy atom. The van der Waals surface area contributed by atoms with Crippen LogP contribution in [0.5, 0.6) is 0 Å². The van der Waals surface area contributed by atoms with Crippen LogP contribution in [0.4, 0.5) is 0 Å². The molecular formula is C11H23NO2S2. The van der Waals surface area contributed by atoms with E-state index in [9.17, 15) is 8.42 Å². The minimum absolute atomic E-state index is 0.226. The summed E-state index contributed by atoms with van der Waals surface area (Å²) in [7, 11) is -0.717. The molecule has 0 aromatic heterocycles. The van der Waals surface area contributed by atoms with Crippen LogP contribution in [-0.2, 0) is 9.84 Å². The smallest absolute Gasteiger partial charge is 0.151 e. The van der Waals surface area contributed by atoms with Gasteiger partial charge in [0.05, 0.1) is 11.5 Å². The fraction of sp³-hybridized carbons (Fsp3) is 1.00. The number of hydrogen-bond acceptors (Lipinski definition) is 4. The second-order valence-electron chi connectivity index (χ2n) is 4.83. The molecule has 1 aliphatic rings. The molecular weight excluding hydrogens is 242 g/mol. The molecule has 96 valence electrons. The van der Waals surface area contributed by atoms with Gasteiger partial charge in [0.2, 0.25) is 0 Å². The predicted octanol–water partition coefficient (Wildman–Crippen LogP) is 1.45. The highest BCUT2D eigenvalue weighted by Crippen LogP contribution is 2.19. The molecule has 1 fully saturated rings. The highest BCUT2D eigenvalue weighted by Gasteiger charge is 2.31. The van der Waals surface area contributed by atoms with E-state index in [1.807, 2.05) is 7.05 Å². The molecule has 0 aromatic rings. The van der Waals surface area contributed by atoms with Crippen LogP contribution >= 0.6 is 12.6 Å². The van der Waals surface area contributed by atoms with Gasteiger partial charge in [0.25, 0.3) is 0 Å². The van der Waals surface area contributed by atoms with Gasteiger partial charge in [0.1, 0.15) is 0 Å². The lowest BCUT2D eigenvalue weighted by molar-refractivity contribution is 0.224. The highest BCUT2D eigenvalue weighted by molar-refractivity contribution is 7.91. The first-order valence-corrected chi connectivity index (χ1v) is 8.45. The number of thiol groups is 1. The second kappa shape index (κ2) is 6.26. The zero-order valence-electron chi connectivity index (χ0n) is 10.2. The van der Waals surface area contributed by atoms with Gasteiger partial charge in [-0.2, -0.15) is 12.6 Å². The third-order valence-corrected chi connectivity index (χ3v) is 5.60. The van der Waals surface area contributed by atoms with Gasteiger partial charge in [-0.05, 0) is 31.6 Å². The molecule has 0 spiro atoms. The van der Waals surface area contributed by atoms with E-state index >= 15 is 0 Å². The first-order chi connectivity index (χ1) is 7.48. The Balaban J connectivity index is 2.43. The van der Waals surface area contributed by atoms with E-state index in [0.717, 1.165) is 18.7 Å². The van der Waals surface area contributed by atoms with Crippen molar-refractivity contribution in [1.82, 2.24) is 4.90 Å². The fourth-order valence-corrected chi connectivity index (χ4v) is 4.43. The van der Waals surface area contributed by atoms with Gasteiger partial charge >= 0.3 is 0 Å². The molecule has 16 heavy (non-hydrogen) atoms. The quantitative estimate of drug-likeness (QED) is 0.739. The molecule has 2 unspecified atom stereocenters. The van der Waals surface area contributed by atoms with Gasteiger partial charge < -0.3 is 4.90 Å². The molecule has 0 radical (unpaired) electrons. The lowest BCUT2D eigenvalue weighted by Crippen LogP contribution is -2.36. The summed E-state index contributed by atoms with van der Waals surface area (Å²) in [6.07, 6.45) is 3.14. The molecule has 1 heterocycles. The van der Waals surface area contributed by atoms with Crippen molar-refractivity contribution in [1.29, 1.82) is 0 Å². The first kappa shape index (κ1) is 14.3. The summed E-state index contributed by atoms with van der Waals surface area (Å²) in [5, 5.41) is 0. The van der Waals surface area contributed by atoms with E-state index in [2.05, 4.69) is 24.5 Å². The van der Waals surface area contributed by atoms with Crippen LogP contribution in [0.1, 0.15) is 26.2 Å². The molecule has 1 aliphatic heterocycles. The molecule has 0 N–H and O–H groups in total. The molecule has 0 aromatic carbocycles. The van der Waals surface area contributed by atoms with Gasteiger partial charge in [0.15, 0.2) is 9.84 Å². The molecule has 0 aliphatic carbocycles. The van der Waals surface area contributed by atoms with Crippen LogP contribution in [0, 0.1) is 5.92 Å². The summed E-state index contributed by atoms with van der Waals surface area (Å²) in [4.78, 5) is 2.21. The van der Waals surface area contributed by atoms with E-state index < -0.39 is 9.84 Å². The minimum Gasteiger partial charge on any atom is -0.302 e. The maximum Gasteiger partial charge on any atom is 0.151 e. The predicted molar refractivity (Wildman–Crippen MR) is 71.9 cm³/mol. The molecule has 5 heteroatoms. The van der Waals surface area contributed by atoms with Crippen molar-refractivity contribution in [2.45, 2.75) is 32.2 Å². The van der Waals surface area contributed by atoms with Crippen molar-refractivity contribution in [3.63, 3.8) is 0 Å². The average molecular weight is 265 g/mol. The van der Waals surface area contributed by atoms with Gasteiger partial charge in [-0.1, -0.05) is 13.3 Å². The summed E-state index contributed by atoms with van der Waals surface area (Å²) in [6.45, 7) is 3.15. The van der Waals surface area contributed by atoms with Gasteiger partial charge in [-0.15, -0.1) is 0 Å². The highest BCUT2D eigenvalue weighted by atomic mass is 32.2. The average Bonchev–Trinajstić information content (AvgIpc) is 2.58. The second-order valence-corrected chi connectivity index (χ2v) is 7.43. The lowest BCUT2D eigenvalue weighted by atomic mass is 10.0. The molecule has 1 rings (SSSR count). The SMILES string of the molecule is CCCC(CS)CN(C)C1CCS(=O)(=O)C1. The monoisotopic (exact) mass is 265 g/mol. The van der Waals surface area contributed by atoms with Crippen LogP contribution < -0.4 is 0 Å². The Labute approximate surface area is 105 Å². The summed E-state index contributed by atoms with van der Waals surface area (Å²) in [6, 6.07) is 0.226. The van der Waals surface area contributed by atoms with Gasteiger partial charge in [-0.3, -0.25) is 0 Å². The van der Waals surface area contributed by atoms with Crippen molar-refractivity contribution in [3.8, 4) is 0 Å². The van der Waals surface area contributed by atoms with E-state index in [1.54, 1.807) is 0 Å². The van der Waals surface area contributed by atoms with E-state index in [-0.39, 0.29) is 6.04 Å². The number of nitrogens with zero attached hydrogens (tertiary/aromatic N) is 1. The molecule has 2 atom stereocenters. The summed E-state index contributed by atoms with van der Waals surface area (Å²) >= 11 is 4.36. The van der Waals surface area contributed by atoms with E-state index in [4.69, 9.17) is 0 Å². The van der Waals surface area contributed by atoms with Crippen molar-refractivity contribution in [2.24, 2.45) is 5.92 Å². The van der Waals surface area contributed by atoms with Crippen molar-refractivity contribution in [3.05, 3.63) is 0 Å². The normalized spacial score (nSPS) is 26.1. The standard InChI is InChI=1S/C11H23NO2S2/c1-3-4-10(8-15)7-12(2)11-5-6-16(13,14)9-11/h10-11,15H,3-9H2,1-2H3. The zero-order valence-corrected chi connectivity index (χ0v) is 11.9. The molecule has 0 saturated carbocycles. The van der Waals surface area contributed by atoms with E-state index in [0.29, 0.717) is 17.4 Å². The third-order valence-electron chi connectivity index (χ3n) is 3.33. The van der Waals surface area contributed by atoms with Crippen molar-refractivity contribution < 1.29 is 8.42 Å². The Morgan fingerprint density at radius 1 is 1.50 bits per heavy atom. The first-order valence-electron chi connectivity index (χ1n) is 6.00. The Bertz CT molecular complexity index is 303. The maximum atomic E-state index is 11.4. The maximum absolute atomic E-state index is 11.4. The minimum atomic E-state index is -2.76. The summed E-state index contributed by atoms with van der Waals surface area (Å²) in [5.74, 6) is 2.18. The van der Waals surface area contributed by atoms with Crippen LogP contribution in [0.25, 0.3) is 0 Å². The van der Waals surface area contributed by atoms with Crippen LogP contribution in [0.2, 0.25) is 0 Å². The Kier molecular flexibility index (Phi) is 5.61. The van der Waals surface area contributed by atoms with Crippen molar-refractivity contribution in [2.75, 3.05) is 30.9 Å². The largest absolute Gasteiger partial charge is 0.302 e. The lowest BCUT2D eigenvalue weighted by Gasteiger charge is -2.27. The van der Waals surface area contributed by atoms with Crippen molar-refractivity contribution >= 4 is 22.5 Å². The van der Waals surface area contributed by atoms with Crippen LogP contribution in [0.3, 0.4) is 0 Å². The van der Waals surface area contributed by atoms with Crippen LogP contribution in [-0.4, -0.2) is 50.2 Å². The number of rotatable bonds is 6. The summed E-state index contributed by atoms with van der Waals surface area (Å²) < 4.78 is 22.8. The molecule has 1 saturated heterocycles. The summed E-state index contributed by atoms with van der Waals surface area (Å²) in [5.41, 5.74) is 0. The third kappa shape index (κ3) is 4.26. The van der Waals surface area contributed by atoms with E-state index in [1.165, 1.54) is 12.8 Å². The topological polar surface area (TPSA) is 37.4 Å². The number of hydrogen-bond donors (Lipinski definition) is 1. The Hall–Kier alpha value is 0.260. The molecule has 3 nitrogen and oxygen atoms in total. The fourth-order valence-electron chi connectivity index (χ4n) is 2.33. The Morgan fingerprint density at radius 2 is 2.19 bits per heavy atom. The number of sulfone groups is 1. The molecule has 0 bridgehead atoms. The zero-order chi connectivity index (χ0) is 12.2. The van der Waals surface area contributed by atoms with Crippen LogP contribution in [0.15, 0.2) is 0 Å². The molecule has 0 amide bonds. The van der Waals surface area contributed by atoms with Gasteiger partial charge in [-0.25, -0.2) is 8.42 Å². The van der Waals surface area contributed by atoms with Gasteiger partial charge in [0, 0.05) is 12.6 Å².